The Kier molecular flexibility index (Phi) is 2.81. The summed E-state index contributed by atoms with van der Waals surface area (Å²) in [5, 5.41) is 2.94. The van der Waals surface area contributed by atoms with Gasteiger partial charge in [0.1, 0.15) is 0 Å². The van der Waals surface area contributed by atoms with Gasteiger partial charge in [0.05, 0.1) is 17.4 Å². The van der Waals surface area contributed by atoms with E-state index in [1.165, 1.54) is 25.5 Å². The van der Waals surface area contributed by atoms with E-state index in [0.717, 1.165) is 6.54 Å². The van der Waals surface area contributed by atoms with Gasteiger partial charge in [0.2, 0.25) is 0 Å². The number of nitrogen functional groups attached to an aromatic ring is 1. The third-order valence-electron chi connectivity index (χ3n) is 3.33. The van der Waals surface area contributed by atoms with E-state index in [0.29, 0.717) is 11.3 Å². The van der Waals surface area contributed by atoms with Crippen molar-refractivity contribution in [2.45, 2.75) is 26.2 Å². The lowest BCUT2D eigenvalue weighted by Crippen LogP contribution is -2.40. The fraction of sp³-hybridized carbons (Fsp3) is 0.500. The molecule has 1 aliphatic carbocycles. The van der Waals surface area contributed by atoms with Crippen LogP contribution in [-0.2, 0) is 0 Å². The number of rotatable bonds is 3. The Morgan fingerprint density at radius 1 is 1.62 bits per heavy atom. The van der Waals surface area contributed by atoms with E-state index >= 15 is 0 Å². The number of nitrogens with two attached hydrogens (primary N) is 1. The second-order valence-corrected chi connectivity index (χ2v) is 4.81. The molecule has 1 saturated carbocycles. The van der Waals surface area contributed by atoms with Crippen LogP contribution in [-0.4, -0.2) is 17.4 Å². The fourth-order valence-electron chi connectivity index (χ4n) is 1.96. The van der Waals surface area contributed by atoms with Crippen molar-refractivity contribution in [3.63, 3.8) is 0 Å². The molecule has 0 aliphatic heterocycles. The van der Waals surface area contributed by atoms with Gasteiger partial charge in [-0.2, -0.15) is 0 Å². The van der Waals surface area contributed by atoms with Crippen molar-refractivity contribution >= 4 is 11.6 Å². The molecule has 0 atom stereocenters. The highest BCUT2D eigenvalue weighted by atomic mass is 16.1. The van der Waals surface area contributed by atoms with Crippen LogP contribution >= 0.6 is 0 Å². The van der Waals surface area contributed by atoms with Crippen molar-refractivity contribution < 1.29 is 4.79 Å². The van der Waals surface area contributed by atoms with E-state index in [2.05, 4.69) is 17.2 Å². The molecule has 0 aromatic carbocycles. The molecule has 0 spiro atoms. The van der Waals surface area contributed by atoms with E-state index in [1.807, 2.05) is 0 Å². The first-order valence-corrected chi connectivity index (χ1v) is 5.58. The van der Waals surface area contributed by atoms with E-state index in [4.69, 9.17) is 5.73 Å². The maximum absolute atomic E-state index is 11.8. The summed E-state index contributed by atoms with van der Waals surface area (Å²) in [6.07, 6.45) is 6.73. The SMILES string of the molecule is CC1(CNC(=O)c2ccncc2N)CCC1. The second-order valence-electron chi connectivity index (χ2n) is 4.81. The Bertz CT molecular complexity index is 399. The average Bonchev–Trinajstić information content (AvgIpc) is 2.24. The van der Waals surface area contributed by atoms with Crippen molar-refractivity contribution in [1.82, 2.24) is 10.3 Å². The van der Waals surface area contributed by atoms with Crippen molar-refractivity contribution in [2.75, 3.05) is 12.3 Å². The normalized spacial score (nSPS) is 17.6. The Hall–Kier alpha value is -1.58. The van der Waals surface area contributed by atoms with E-state index in [9.17, 15) is 4.79 Å². The number of carbonyl (C=O) groups is 1. The van der Waals surface area contributed by atoms with E-state index in [-0.39, 0.29) is 11.3 Å². The van der Waals surface area contributed by atoms with Crippen LogP contribution in [0.2, 0.25) is 0 Å². The number of nitrogens with one attached hydrogen (secondary N) is 1. The number of carbonyl (C=O) groups excluding carboxylic acids is 1. The zero-order chi connectivity index (χ0) is 11.6. The minimum absolute atomic E-state index is 0.104. The van der Waals surface area contributed by atoms with Gasteiger partial charge in [-0.25, -0.2) is 0 Å². The summed E-state index contributed by atoms with van der Waals surface area (Å²) in [6, 6.07) is 1.65. The Labute approximate surface area is 95.3 Å². The second kappa shape index (κ2) is 4.12. The first-order valence-electron chi connectivity index (χ1n) is 5.58. The number of anilines is 1. The van der Waals surface area contributed by atoms with Gasteiger partial charge < -0.3 is 11.1 Å². The van der Waals surface area contributed by atoms with Crippen molar-refractivity contribution in [3.05, 3.63) is 24.0 Å². The first kappa shape index (κ1) is 10.9. The van der Waals surface area contributed by atoms with Crippen molar-refractivity contribution in [3.8, 4) is 0 Å². The van der Waals surface area contributed by atoms with Crippen LogP contribution in [0.25, 0.3) is 0 Å². The van der Waals surface area contributed by atoms with Gasteiger partial charge in [-0.15, -0.1) is 0 Å². The van der Waals surface area contributed by atoms with Crippen LogP contribution in [0, 0.1) is 5.41 Å². The number of aromatic nitrogens is 1. The van der Waals surface area contributed by atoms with E-state index < -0.39 is 0 Å². The molecule has 1 aliphatic rings. The molecule has 86 valence electrons. The summed E-state index contributed by atoms with van der Waals surface area (Å²) >= 11 is 0. The Balaban J connectivity index is 1.96. The van der Waals surface area contributed by atoms with Crippen LogP contribution in [0.3, 0.4) is 0 Å². The molecule has 1 fully saturated rings. The topological polar surface area (TPSA) is 68.0 Å². The minimum atomic E-state index is -0.104. The molecule has 3 N–H and O–H groups in total. The van der Waals surface area contributed by atoms with Crippen LogP contribution < -0.4 is 11.1 Å². The molecule has 1 aromatic heterocycles. The van der Waals surface area contributed by atoms with Crippen LogP contribution in [0.1, 0.15) is 36.5 Å². The molecular weight excluding hydrogens is 202 g/mol. The quantitative estimate of drug-likeness (QED) is 0.811. The maximum atomic E-state index is 11.8. The molecule has 16 heavy (non-hydrogen) atoms. The van der Waals surface area contributed by atoms with Gasteiger partial charge in [-0.1, -0.05) is 13.3 Å². The smallest absolute Gasteiger partial charge is 0.253 e. The summed E-state index contributed by atoms with van der Waals surface area (Å²) in [5.74, 6) is -0.104. The molecule has 0 saturated heterocycles. The van der Waals surface area contributed by atoms with Gasteiger partial charge in [0, 0.05) is 12.7 Å². The predicted molar refractivity (Wildman–Crippen MR) is 62.9 cm³/mol. The standard InChI is InChI=1S/C12H17N3O/c1-12(4-2-5-12)8-15-11(16)9-3-6-14-7-10(9)13/h3,6-7H,2,4-5,8,13H2,1H3,(H,15,16). The zero-order valence-electron chi connectivity index (χ0n) is 9.49. The molecule has 4 nitrogen and oxygen atoms in total. The number of nitrogens with zero attached hydrogens (tertiary/aromatic N) is 1. The van der Waals surface area contributed by atoms with Crippen LogP contribution in [0.5, 0.6) is 0 Å². The predicted octanol–water partition coefficient (Wildman–Crippen LogP) is 1.58. The molecule has 1 amide bonds. The number of amides is 1. The maximum Gasteiger partial charge on any atom is 0.253 e. The molecule has 1 heterocycles. The minimum Gasteiger partial charge on any atom is -0.397 e. The van der Waals surface area contributed by atoms with E-state index in [1.54, 1.807) is 12.3 Å². The molecule has 0 unspecified atom stereocenters. The van der Waals surface area contributed by atoms with Gasteiger partial charge in [-0.3, -0.25) is 9.78 Å². The number of pyridine rings is 1. The number of hydrogen-bond donors (Lipinski definition) is 2. The summed E-state index contributed by atoms with van der Waals surface area (Å²) < 4.78 is 0. The third-order valence-corrected chi connectivity index (χ3v) is 3.33. The Morgan fingerprint density at radius 3 is 2.94 bits per heavy atom. The zero-order valence-corrected chi connectivity index (χ0v) is 9.49. The number of hydrogen-bond acceptors (Lipinski definition) is 3. The fourth-order valence-corrected chi connectivity index (χ4v) is 1.96. The van der Waals surface area contributed by atoms with Crippen LogP contribution in [0.4, 0.5) is 5.69 Å². The van der Waals surface area contributed by atoms with Crippen molar-refractivity contribution in [2.24, 2.45) is 5.41 Å². The van der Waals surface area contributed by atoms with Gasteiger partial charge in [0.15, 0.2) is 0 Å². The monoisotopic (exact) mass is 219 g/mol. The lowest BCUT2D eigenvalue weighted by molar-refractivity contribution is 0.0891. The van der Waals surface area contributed by atoms with Gasteiger partial charge in [-0.05, 0) is 24.3 Å². The highest BCUT2D eigenvalue weighted by Gasteiger charge is 2.31. The summed E-state index contributed by atoms with van der Waals surface area (Å²) in [6.45, 7) is 2.93. The molecular formula is C12H17N3O. The van der Waals surface area contributed by atoms with Gasteiger partial charge >= 0.3 is 0 Å². The highest BCUT2D eigenvalue weighted by molar-refractivity contribution is 5.98. The Morgan fingerprint density at radius 2 is 2.38 bits per heavy atom. The van der Waals surface area contributed by atoms with Crippen molar-refractivity contribution in [1.29, 1.82) is 0 Å². The summed E-state index contributed by atoms with van der Waals surface area (Å²) in [4.78, 5) is 15.7. The molecule has 0 radical (unpaired) electrons. The molecule has 2 rings (SSSR count). The molecule has 0 bridgehead atoms. The molecule has 4 heteroatoms. The first-order chi connectivity index (χ1) is 7.61. The highest BCUT2D eigenvalue weighted by Crippen LogP contribution is 2.39. The largest absolute Gasteiger partial charge is 0.397 e. The summed E-state index contributed by atoms with van der Waals surface area (Å²) in [7, 11) is 0. The summed E-state index contributed by atoms with van der Waals surface area (Å²) in [5.41, 5.74) is 6.91. The third kappa shape index (κ3) is 2.15. The van der Waals surface area contributed by atoms with Gasteiger partial charge in [0.25, 0.3) is 5.91 Å². The van der Waals surface area contributed by atoms with Crippen LogP contribution in [0.15, 0.2) is 18.5 Å². The molecule has 1 aromatic rings. The lowest BCUT2D eigenvalue weighted by atomic mass is 9.70. The average molecular weight is 219 g/mol. The lowest BCUT2D eigenvalue weighted by Gasteiger charge is -2.38.